The van der Waals surface area contributed by atoms with Crippen LogP contribution in [0.1, 0.15) is 39.5 Å². The molecule has 0 bridgehead atoms. The molecule has 6 N–H and O–H groups in total. The molecule has 3 unspecified atom stereocenters. The fourth-order valence-corrected chi connectivity index (χ4v) is 6.64. The van der Waals surface area contributed by atoms with Gasteiger partial charge in [0.2, 0.25) is 5.95 Å². The molecular weight excluding hydrogens is 631 g/mol. The Morgan fingerprint density at radius 1 is 1.29 bits per heavy atom. The zero-order valence-electron chi connectivity index (χ0n) is 25.2. The van der Waals surface area contributed by atoms with E-state index in [0.29, 0.717) is 0 Å². The molecule has 1 aliphatic heterocycles. The van der Waals surface area contributed by atoms with Gasteiger partial charge in [-0.1, -0.05) is 42.1 Å². The number of hydrogen-bond acceptors (Lipinski definition) is 14. The first-order valence-corrected chi connectivity index (χ1v) is 16.4. The highest BCUT2D eigenvalue weighted by atomic mass is 32.2. The van der Waals surface area contributed by atoms with Crippen LogP contribution in [0, 0.1) is 5.41 Å². The molecule has 0 radical (unpaired) electrons. The van der Waals surface area contributed by atoms with Gasteiger partial charge in [-0.05, 0) is 26.3 Å². The standard InChI is InChI=1S/C27H37N6O10PS/c1-16(34)40-14-26(2,3)24(37)45-11-10-41-44(39,30-12-17-8-6-5-7-9-17)42-13-18-20(35)27(4,38)23(43-18)33-15-29-19-21(33)31-25(28)32-22(19)36/h5-9,15,18,20,23,35,38H,10-14H2,1-4H3,(H,30,39)(H3,28,31,32,36)/t18?,20-,23?,27-,44?/m1/s1. The lowest BCUT2D eigenvalue weighted by Crippen LogP contribution is -2.44. The number of H-pyrrole nitrogens is 1. The van der Waals surface area contributed by atoms with Gasteiger partial charge < -0.3 is 25.4 Å². The number of aromatic nitrogens is 4. The zero-order chi connectivity index (χ0) is 33.0. The second-order valence-corrected chi connectivity index (χ2v) is 14.1. The molecule has 2 aromatic heterocycles. The summed E-state index contributed by atoms with van der Waals surface area (Å²) in [5.41, 5.74) is 2.99. The van der Waals surface area contributed by atoms with Gasteiger partial charge in [0.25, 0.3) is 5.56 Å². The lowest BCUT2D eigenvalue weighted by molar-refractivity contribution is -0.145. The van der Waals surface area contributed by atoms with Crippen LogP contribution in [0.15, 0.2) is 41.5 Å². The minimum absolute atomic E-state index is 0.0249. The molecule has 0 spiro atoms. The van der Waals surface area contributed by atoms with Crippen molar-refractivity contribution in [2.24, 2.45) is 5.41 Å². The van der Waals surface area contributed by atoms with Crippen molar-refractivity contribution in [1.82, 2.24) is 24.6 Å². The Kier molecular flexibility index (Phi) is 10.9. The third-order valence-electron chi connectivity index (χ3n) is 6.95. The molecule has 0 amide bonds. The molecule has 4 rings (SSSR count). The number of nitrogen functional groups attached to an aromatic ring is 1. The average molecular weight is 669 g/mol. The van der Waals surface area contributed by atoms with Crippen molar-refractivity contribution in [3.8, 4) is 0 Å². The number of nitrogens with one attached hydrogen (secondary N) is 2. The maximum absolute atomic E-state index is 13.8. The number of aromatic amines is 1. The van der Waals surface area contributed by atoms with E-state index in [4.69, 9.17) is 24.3 Å². The fraction of sp³-hybridized carbons (Fsp3) is 0.519. The van der Waals surface area contributed by atoms with Crippen LogP contribution < -0.4 is 16.4 Å². The highest BCUT2D eigenvalue weighted by molar-refractivity contribution is 8.13. The molecule has 3 heterocycles. The maximum atomic E-state index is 13.8. The van der Waals surface area contributed by atoms with E-state index in [2.05, 4.69) is 20.0 Å². The quantitative estimate of drug-likeness (QED) is 0.0931. The average Bonchev–Trinajstić information content (AvgIpc) is 3.50. The van der Waals surface area contributed by atoms with Crippen LogP contribution in [-0.2, 0) is 39.2 Å². The molecule has 246 valence electrons. The van der Waals surface area contributed by atoms with Crippen molar-refractivity contribution in [2.45, 2.75) is 58.3 Å². The number of benzene rings is 1. The molecule has 1 saturated heterocycles. The van der Waals surface area contributed by atoms with E-state index in [1.54, 1.807) is 13.8 Å². The molecule has 5 atom stereocenters. The Hall–Kier alpha value is -3.15. The summed E-state index contributed by atoms with van der Waals surface area (Å²) in [7, 11) is -4.07. The van der Waals surface area contributed by atoms with Crippen LogP contribution in [0.4, 0.5) is 5.95 Å². The van der Waals surface area contributed by atoms with Crippen LogP contribution in [0.3, 0.4) is 0 Å². The van der Waals surface area contributed by atoms with Crippen molar-refractivity contribution >= 4 is 47.7 Å². The van der Waals surface area contributed by atoms with Crippen molar-refractivity contribution in [2.75, 3.05) is 31.3 Å². The Labute approximate surface area is 262 Å². The first-order valence-electron chi connectivity index (χ1n) is 13.9. The van der Waals surface area contributed by atoms with Gasteiger partial charge in [0.15, 0.2) is 22.5 Å². The third kappa shape index (κ3) is 8.37. The Morgan fingerprint density at radius 3 is 2.69 bits per heavy atom. The van der Waals surface area contributed by atoms with Gasteiger partial charge in [0, 0.05) is 19.2 Å². The number of imidazole rings is 1. The van der Waals surface area contributed by atoms with Crippen molar-refractivity contribution in [3.05, 3.63) is 52.6 Å². The summed E-state index contributed by atoms with van der Waals surface area (Å²) in [6.45, 7) is 5.26. The lowest BCUT2D eigenvalue weighted by atomic mass is 9.96. The molecule has 1 aromatic carbocycles. The first kappa shape index (κ1) is 34.7. The van der Waals surface area contributed by atoms with Gasteiger partial charge in [-0.3, -0.25) is 33.0 Å². The summed E-state index contributed by atoms with van der Waals surface area (Å²) in [5.74, 6) is -0.556. The predicted molar refractivity (Wildman–Crippen MR) is 164 cm³/mol. The normalized spacial score (nSPS) is 23.2. The van der Waals surface area contributed by atoms with Gasteiger partial charge in [0.05, 0.1) is 25.0 Å². The third-order valence-corrected chi connectivity index (χ3v) is 9.70. The maximum Gasteiger partial charge on any atom is 0.405 e. The molecular formula is C27H37N6O10PS. The Bertz CT molecular complexity index is 1610. The van der Waals surface area contributed by atoms with Gasteiger partial charge in [-0.2, -0.15) is 4.98 Å². The largest absolute Gasteiger partial charge is 0.465 e. The number of fused-ring (bicyclic) bond motifs is 1. The van der Waals surface area contributed by atoms with Gasteiger partial charge >= 0.3 is 13.7 Å². The number of ether oxygens (including phenoxy) is 2. The topological polar surface area (TPSA) is 230 Å². The van der Waals surface area contributed by atoms with E-state index in [1.165, 1.54) is 24.7 Å². The molecule has 3 aromatic rings. The number of anilines is 1. The SMILES string of the molecule is CC(=O)OCC(C)(C)C(=O)SCCOP(=O)(NCc1ccccc1)OCC1OC(n2cnc3c(=O)[nH]c(N)nc32)[C@](C)(O)[C@@H]1O. The Morgan fingerprint density at radius 2 is 2.00 bits per heavy atom. The fourth-order valence-electron chi connectivity index (χ4n) is 4.40. The molecule has 1 aliphatic rings. The van der Waals surface area contributed by atoms with Gasteiger partial charge in [0.1, 0.15) is 24.4 Å². The second kappa shape index (κ2) is 14.1. The number of rotatable bonds is 14. The second-order valence-electron chi connectivity index (χ2n) is 11.2. The number of aliphatic hydroxyl groups excluding tert-OH is 1. The zero-order valence-corrected chi connectivity index (χ0v) is 26.9. The van der Waals surface area contributed by atoms with E-state index in [0.717, 1.165) is 17.3 Å². The lowest BCUT2D eigenvalue weighted by Gasteiger charge is -2.27. The monoisotopic (exact) mass is 668 g/mol. The van der Waals surface area contributed by atoms with Crippen molar-refractivity contribution in [1.29, 1.82) is 0 Å². The summed E-state index contributed by atoms with van der Waals surface area (Å²) in [6, 6.07) is 9.07. The number of aliphatic hydroxyl groups is 2. The van der Waals surface area contributed by atoms with Crippen LogP contribution in [0.25, 0.3) is 11.2 Å². The summed E-state index contributed by atoms with van der Waals surface area (Å²) in [4.78, 5) is 46.5. The van der Waals surface area contributed by atoms with E-state index in [9.17, 15) is 29.2 Å². The number of carbonyl (C=O) groups excluding carboxylic acids is 2. The number of hydrogen-bond donors (Lipinski definition) is 5. The van der Waals surface area contributed by atoms with Crippen LogP contribution in [0.5, 0.6) is 0 Å². The predicted octanol–water partition coefficient (Wildman–Crippen LogP) is 1.49. The van der Waals surface area contributed by atoms with Crippen LogP contribution in [0.2, 0.25) is 0 Å². The van der Waals surface area contributed by atoms with E-state index in [1.807, 2.05) is 30.3 Å². The van der Waals surface area contributed by atoms with Gasteiger partial charge in [-0.15, -0.1) is 0 Å². The minimum atomic E-state index is -4.07. The van der Waals surface area contributed by atoms with Crippen molar-refractivity contribution < 1.29 is 42.9 Å². The smallest absolute Gasteiger partial charge is 0.405 e. The minimum Gasteiger partial charge on any atom is -0.465 e. The number of nitrogens with zero attached hydrogens (tertiary/aromatic N) is 3. The molecule has 0 saturated carbocycles. The van der Waals surface area contributed by atoms with E-state index >= 15 is 0 Å². The molecule has 0 aliphatic carbocycles. The van der Waals surface area contributed by atoms with E-state index < -0.39 is 55.3 Å². The highest BCUT2D eigenvalue weighted by Gasteiger charge is 2.54. The number of nitrogens with two attached hydrogens (primary N) is 1. The van der Waals surface area contributed by atoms with Crippen molar-refractivity contribution in [3.63, 3.8) is 0 Å². The number of esters is 1. The molecule has 16 nitrogen and oxygen atoms in total. The van der Waals surface area contributed by atoms with Gasteiger partial charge in [-0.25, -0.2) is 14.6 Å². The van der Waals surface area contributed by atoms with E-state index in [-0.39, 0.29) is 47.7 Å². The summed E-state index contributed by atoms with van der Waals surface area (Å²) < 4.78 is 37.3. The first-order chi connectivity index (χ1) is 21.1. The highest BCUT2D eigenvalue weighted by Crippen LogP contribution is 2.47. The molecule has 45 heavy (non-hydrogen) atoms. The number of carbonyl (C=O) groups is 2. The summed E-state index contributed by atoms with van der Waals surface area (Å²) in [6.07, 6.45) is -2.77. The van der Waals surface area contributed by atoms with Crippen LogP contribution >= 0.6 is 19.5 Å². The molecule has 1 fully saturated rings. The summed E-state index contributed by atoms with van der Waals surface area (Å²) >= 11 is 0.930. The Balaban J connectivity index is 1.43. The summed E-state index contributed by atoms with van der Waals surface area (Å²) in [5, 5.41) is 24.7. The van der Waals surface area contributed by atoms with Crippen LogP contribution in [-0.4, -0.2) is 84.2 Å². The number of thioether (sulfide) groups is 1. The molecule has 18 heteroatoms.